The number of ketones is 1. The van der Waals surface area contributed by atoms with E-state index in [1.807, 2.05) is 18.2 Å². The van der Waals surface area contributed by atoms with Crippen molar-refractivity contribution in [3.05, 3.63) is 29.3 Å². The lowest BCUT2D eigenvalue weighted by Crippen LogP contribution is -2.36. The molecule has 4 heteroatoms. The third-order valence-corrected chi connectivity index (χ3v) is 4.69. The number of hydrogen-bond acceptors (Lipinski definition) is 4. The Labute approximate surface area is 131 Å². The Bertz CT molecular complexity index is 523. The quantitative estimate of drug-likeness (QED) is 0.847. The van der Waals surface area contributed by atoms with Gasteiger partial charge in [-0.15, -0.1) is 0 Å². The van der Waals surface area contributed by atoms with Gasteiger partial charge in [-0.05, 0) is 31.7 Å². The molecule has 0 spiro atoms. The Balaban J connectivity index is 1.52. The van der Waals surface area contributed by atoms with Crippen LogP contribution in [0.3, 0.4) is 0 Å². The molecule has 1 aromatic rings. The van der Waals surface area contributed by atoms with Gasteiger partial charge < -0.3 is 15.2 Å². The standard InChI is InChI=1S/C18H25NO3/c20-14(11-19-13-5-1-2-6-13)12-22-18-10-4-7-15-16(18)8-3-9-17(15)21/h4,7,10,13-14,19-20H,1-3,5-6,8-9,11-12H2. The summed E-state index contributed by atoms with van der Waals surface area (Å²) in [6.07, 6.45) is 6.87. The maximum atomic E-state index is 11.9. The van der Waals surface area contributed by atoms with Crippen LogP contribution in [0.1, 0.15) is 54.4 Å². The first kappa shape index (κ1) is 15.5. The fraction of sp³-hybridized carbons (Fsp3) is 0.611. The average Bonchev–Trinajstić information content (AvgIpc) is 3.05. The summed E-state index contributed by atoms with van der Waals surface area (Å²) in [5.74, 6) is 0.959. The topological polar surface area (TPSA) is 58.6 Å². The Kier molecular flexibility index (Phi) is 5.11. The second-order valence-corrected chi connectivity index (χ2v) is 6.41. The SMILES string of the molecule is O=C1CCCc2c(OCC(O)CNC3CCCC3)cccc21. The van der Waals surface area contributed by atoms with Gasteiger partial charge in [0.25, 0.3) is 0 Å². The molecule has 2 aliphatic rings. The smallest absolute Gasteiger partial charge is 0.163 e. The van der Waals surface area contributed by atoms with Crippen molar-refractivity contribution in [2.75, 3.05) is 13.2 Å². The molecule has 0 amide bonds. The fourth-order valence-corrected chi connectivity index (χ4v) is 3.46. The highest BCUT2D eigenvalue weighted by Crippen LogP contribution is 2.29. The molecule has 1 fully saturated rings. The van der Waals surface area contributed by atoms with E-state index in [4.69, 9.17) is 4.74 Å². The number of aliphatic hydroxyl groups excluding tert-OH is 1. The summed E-state index contributed by atoms with van der Waals surface area (Å²) < 4.78 is 5.79. The van der Waals surface area contributed by atoms with Crippen molar-refractivity contribution in [1.82, 2.24) is 5.32 Å². The van der Waals surface area contributed by atoms with Gasteiger partial charge in [0.05, 0.1) is 0 Å². The lowest BCUT2D eigenvalue weighted by molar-refractivity contribution is 0.0963. The number of carbonyl (C=O) groups is 1. The van der Waals surface area contributed by atoms with Crippen molar-refractivity contribution in [2.24, 2.45) is 0 Å². The minimum absolute atomic E-state index is 0.204. The van der Waals surface area contributed by atoms with E-state index in [2.05, 4.69) is 5.32 Å². The number of carbonyl (C=O) groups excluding carboxylic acids is 1. The summed E-state index contributed by atoms with van der Waals surface area (Å²) in [7, 11) is 0. The number of nitrogens with one attached hydrogen (secondary N) is 1. The molecule has 22 heavy (non-hydrogen) atoms. The highest BCUT2D eigenvalue weighted by molar-refractivity contribution is 5.99. The van der Waals surface area contributed by atoms with Gasteiger partial charge in [0.15, 0.2) is 5.78 Å². The highest BCUT2D eigenvalue weighted by atomic mass is 16.5. The van der Waals surface area contributed by atoms with E-state index in [0.29, 0.717) is 19.0 Å². The molecule has 1 unspecified atom stereocenters. The molecule has 0 bridgehead atoms. The van der Waals surface area contributed by atoms with Crippen LogP contribution in [0.2, 0.25) is 0 Å². The average molecular weight is 303 g/mol. The van der Waals surface area contributed by atoms with E-state index in [1.54, 1.807) is 0 Å². The molecule has 1 aromatic carbocycles. The third kappa shape index (κ3) is 3.68. The number of benzene rings is 1. The van der Waals surface area contributed by atoms with Gasteiger partial charge in [-0.1, -0.05) is 25.0 Å². The largest absolute Gasteiger partial charge is 0.491 e. The van der Waals surface area contributed by atoms with Gasteiger partial charge in [0.2, 0.25) is 0 Å². The molecule has 0 radical (unpaired) electrons. The number of ether oxygens (including phenoxy) is 1. The summed E-state index contributed by atoms with van der Waals surface area (Å²) in [6.45, 7) is 0.836. The lowest BCUT2D eigenvalue weighted by Gasteiger charge is -2.20. The van der Waals surface area contributed by atoms with Crippen molar-refractivity contribution in [3.8, 4) is 5.75 Å². The predicted octanol–water partition coefficient (Wildman–Crippen LogP) is 2.48. The van der Waals surface area contributed by atoms with Crippen LogP contribution in [0.25, 0.3) is 0 Å². The molecule has 1 atom stereocenters. The predicted molar refractivity (Wildman–Crippen MR) is 85.5 cm³/mol. The zero-order valence-corrected chi connectivity index (χ0v) is 13.0. The first-order valence-corrected chi connectivity index (χ1v) is 8.43. The van der Waals surface area contributed by atoms with Crippen molar-refractivity contribution in [1.29, 1.82) is 0 Å². The van der Waals surface area contributed by atoms with Crippen LogP contribution in [0.15, 0.2) is 18.2 Å². The van der Waals surface area contributed by atoms with Crippen LogP contribution in [0.4, 0.5) is 0 Å². The fourth-order valence-electron chi connectivity index (χ4n) is 3.46. The van der Waals surface area contributed by atoms with Gasteiger partial charge in [0, 0.05) is 30.1 Å². The van der Waals surface area contributed by atoms with Crippen LogP contribution < -0.4 is 10.1 Å². The van der Waals surface area contributed by atoms with E-state index in [9.17, 15) is 9.90 Å². The summed E-state index contributed by atoms with van der Waals surface area (Å²) in [5, 5.41) is 13.5. The summed E-state index contributed by atoms with van der Waals surface area (Å²) in [6, 6.07) is 6.19. The van der Waals surface area contributed by atoms with E-state index >= 15 is 0 Å². The molecule has 3 rings (SSSR count). The van der Waals surface area contributed by atoms with Crippen LogP contribution in [0.5, 0.6) is 5.75 Å². The normalized spacial score (nSPS) is 20.0. The van der Waals surface area contributed by atoms with Crippen molar-refractivity contribution in [2.45, 2.75) is 57.1 Å². The molecular formula is C18H25NO3. The van der Waals surface area contributed by atoms with Crippen LogP contribution in [0, 0.1) is 0 Å². The number of Topliss-reactive ketones (excluding diaryl/α,β-unsaturated/α-hetero) is 1. The molecule has 0 aromatic heterocycles. The molecule has 1 saturated carbocycles. The number of fused-ring (bicyclic) bond motifs is 1. The minimum Gasteiger partial charge on any atom is -0.491 e. The van der Waals surface area contributed by atoms with Gasteiger partial charge in [0.1, 0.15) is 18.5 Å². The van der Waals surface area contributed by atoms with E-state index in [0.717, 1.165) is 29.7 Å². The number of aliphatic hydroxyl groups is 1. The zero-order chi connectivity index (χ0) is 15.4. The van der Waals surface area contributed by atoms with Gasteiger partial charge in [-0.25, -0.2) is 0 Å². The molecule has 0 saturated heterocycles. The molecule has 0 heterocycles. The second-order valence-electron chi connectivity index (χ2n) is 6.41. The van der Waals surface area contributed by atoms with Crippen LogP contribution in [-0.4, -0.2) is 36.2 Å². The molecular weight excluding hydrogens is 278 g/mol. The van der Waals surface area contributed by atoms with Crippen molar-refractivity contribution >= 4 is 5.78 Å². The van der Waals surface area contributed by atoms with Gasteiger partial charge in [-0.3, -0.25) is 4.79 Å². The Morgan fingerprint density at radius 1 is 1.23 bits per heavy atom. The Morgan fingerprint density at radius 3 is 2.86 bits per heavy atom. The molecule has 4 nitrogen and oxygen atoms in total. The van der Waals surface area contributed by atoms with E-state index in [1.165, 1.54) is 25.7 Å². The van der Waals surface area contributed by atoms with E-state index in [-0.39, 0.29) is 12.4 Å². The van der Waals surface area contributed by atoms with E-state index < -0.39 is 6.10 Å². The van der Waals surface area contributed by atoms with Crippen LogP contribution in [-0.2, 0) is 6.42 Å². The van der Waals surface area contributed by atoms with Crippen molar-refractivity contribution < 1.29 is 14.6 Å². The molecule has 120 valence electrons. The van der Waals surface area contributed by atoms with Crippen molar-refractivity contribution in [3.63, 3.8) is 0 Å². The number of hydrogen-bond donors (Lipinski definition) is 2. The lowest BCUT2D eigenvalue weighted by atomic mass is 9.90. The van der Waals surface area contributed by atoms with Gasteiger partial charge in [-0.2, -0.15) is 0 Å². The molecule has 2 N–H and O–H groups in total. The first-order chi connectivity index (χ1) is 10.7. The molecule has 2 aliphatic carbocycles. The third-order valence-electron chi connectivity index (χ3n) is 4.69. The summed E-state index contributed by atoms with van der Waals surface area (Å²) in [4.78, 5) is 11.9. The Hall–Kier alpha value is -1.39. The second kappa shape index (κ2) is 7.25. The first-order valence-electron chi connectivity index (χ1n) is 8.43. The van der Waals surface area contributed by atoms with Crippen LogP contribution >= 0.6 is 0 Å². The highest BCUT2D eigenvalue weighted by Gasteiger charge is 2.21. The molecule has 0 aliphatic heterocycles. The maximum Gasteiger partial charge on any atom is 0.163 e. The van der Waals surface area contributed by atoms with Gasteiger partial charge >= 0.3 is 0 Å². The minimum atomic E-state index is -0.518. The number of rotatable bonds is 6. The summed E-state index contributed by atoms with van der Waals surface area (Å²) in [5.41, 5.74) is 1.80. The maximum absolute atomic E-state index is 11.9. The zero-order valence-electron chi connectivity index (χ0n) is 13.0. The summed E-state index contributed by atoms with van der Waals surface area (Å²) >= 11 is 0. The Morgan fingerprint density at radius 2 is 2.05 bits per heavy atom. The monoisotopic (exact) mass is 303 g/mol.